The molecule has 2 aliphatic carbocycles. The lowest BCUT2D eigenvalue weighted by Crippen LogP contribution is -2.62. The van der Waals surface area contributed by atoms with Crippen molar-refractivity contribution in [3.63, 3.8) is 0 Å². The molecule has 236 valence electrons. The molecule has 6 aliphatic rings. The number of nitrogens with zero attached hydrogens (tertiary/aromatic N) is 4. The first kappa shape index (κ1) is 30.4. The van der Waals surface area contributed by atoms with Gasteiger partial charge in [-0.2, -0.15) is 13.2 Å². The Hall–Kier alpha value is -2.62. The summed E-state index contributed by atoms with van der Waals surface area (Å²) in [7, 11) is 0. The largest absolute Gasteiger partial charge is 0.403 e. The third-order valence-corrected chi connectivity index (χ3v) is 11.5. The molecule has 43 heavy (non-hydrogen) atoms. The minimum absolute atomic E-state index is 0.0205. The van der Waals surface area contributed by atoms with Crippen LogP contribution in [0.2, 0.25) is 0 Å². The topological polar surface area (TPSA) is 64.2 Å². The molecule has 0 N–H and O–H groups in total. The fourth-order valence-electron chi connectivity index (χ4n) is 9.24. The standard InChI is InChI=1S/C33H45F3N4O3/c1-4-38-29(42)32(40(22(2)3)30(38)43)17-25-13-14-26(18-32)39(25)20-24-19-37(28(41)31(15-10-16-31)33(34,35)36)21-27(24)23-11-8-6-5-7-9-12-23/h5-9,11,22-27H,4,10,12-21H2,1-3H3/t23?,24-,25?,26?,27-,32?/m1/s1. The molecule has 4 amide bonds. The summed E-state index contributed by atoms with van der Waals surface area (Å²) in [5, 5.41) is 0. The van der Waals surface area contributed by atoms with Gasteiger partial charge in [0.15, 0.2) is 0 Å². The van der Waals surface area contributed by atoms with E-state index in [1.165, 1.54) is 9.80 Å². The molecule has 10 heteroatoms. The number of hydrogen-bond acceptors (Lipinski definition) is 4. The molecular weight excluding hydrogens is 557 g/mol. The van der Waals surface area contributed by atoms with E-state index in [0.29, 0.717) is 45.4 Å². The van der Waals surface area contributed by atoms with Crippen molar-refractivity contribution in [3.8, 4) is 0 Å². The number of alkyl halides is 3. The molecule has 7 nitrogen and oxygen atoms in total. The number of halogens is 3. The molecule has 4 heterocycles. The maximum atomic E-state index is 14.2. The number of hydrogen-bond donors (Lipinski definition) is 0. The molecule has 1 spiro atoms. The van der Waals surface area contributed by atoms with Crippen LogP contribution in [-0.4, -0.2) is 93.5 Å². The molecule has 4 aliphatic heterocycles. The summed E-state index contributed by atoms with van der Waals surface area (Å²) in [6.45, 7) is 7.48. The number of fused-ring (bicyclic) bond motifs is 2. The number of allylic oxidation sites excluding steroid dienone is 6. The van der Waals surface area contributed by atoms with Crippen LogP contribution < -0.4 is 0 Å². The van der Waals surface area contributed by atoms with Crippen molar-refractivity contribution in [3.05, 3.63) is 36.5 Å². The van der Waals surface area contributed by atoms with Gasteiger partial charge in [0.25, 0.3) is 5.91 Å². The van der Waals surface area contributed by atoms with E-state index in [4.69, 9.17) is 0 Å². The van der Waals surface area contributed by atoms with Crippen molar-refractivity contribution >= 4 is 17.8 Å². The molecule has 3 unspecified atom stereocenters. The molecule has 4 saturated heterocycles. The van der Waals surface area contributed by atoms with E-state index < -0.39 is 23.0 Å². The van der Waals surface area contributed by atoms with Gasteiger partial charge in [0.05, 0.1) is 0 Å². The molecular formula is C33H45F3N4O3. The van der Waals surface area contributed by atoms with Crippen molar-refractivity contribution in [2.45, 2.75) is 102 Å². The van der Waals surface area contributed by atoms with E-state index in [2.05, 4.69) is 17.1 Å². The minimum atomic E-state index is -4.54. The van der Waals surface area contributed by atoms with Crippen molar-refractivity contribution in [1.82, 2.24) is 19.6 Å². The molecule has 0 radical (unpaired) electrons. The van der Waals surface area contributed by atoms with Crippen molar-refractivity contribution < 1.29 is 27.6 Å². The lowest BCUT2D eigenvalue weighted by molar-refractivity contribution is -0.248. The number of urea groups is 1. The highest BCUT2D eigenvalue weighted by Crippen LogP contribution is 2.55. The molecule has 1 saturated carbocycles. The highest BCUT2D eigenvalue weighted by atomic mass is 19.4. The first-order valence-electron chi connectivity index (χ1n) is 16.2. The summed E-state index contributed by atoms with van der Waals surface area (Å²) in [5.41, 5.74) is -3.06. The van der Waals surface area contributed by atoms with Crippen LogP contribution in [0.25, 0.3) is 0 Å². The number of likely N-dealkylation sites (tertiary alicyclic amines) is 1. The van der Waals surface area contributed by atoms with Gasteiger partial charge >= 0.3 is 12.2 Å². The maximum absolute atomic E-state index is 14.2. The highest BCUT2D eigenvalue weighted by molar-refractivity contribution is 6.07. The number of imide groups is 1. The fraction of sp³-hybridized carbons (Fsp3) is 0.727. The Morgan fingerprint density at radius 2 is 1.70 bits per heavy atom. The van der Waals surface area contributed by atoms with E-state index in [1.54, 1.807) is 0 Å². The van der Waals surface area contributed by atoms with Crippen molar-refractivity contribution in [1.29, 1.82) is 0 Å². The number of rotatable bonds is 6. The Labute approximate surface area is 252 Å². The van der Waals surface area contributed by atoms with Crippen LogP contribution in [0, 0.1) is 23.2 Å². The normalized spacial score (nSPS) is 35.8. The summed E-state index contributed by atoms with van der Waals surface area (Å²) in [6.07, 6.45) is 11.6. The first-order chi connectivity index (χ1) is 20.4. The zero-order valence-electron chi connectivity index (χ0n) is 25.6. The molecule has 2 bridgehead atoms. The molecule has 0 aromatic carbocycles. The van der Waals surface area contributed by atoms with Gasteiger partial charge in [0, 0.05) is 44.3 Å². The SMILES string of the molecule is CCN1C(=O)N(C(C)C)C2(CC3CCC(C2)N3C[C@H]2CN(C(=O)C3(C(F)(F)F)CCC3)C[C@@H]2C2C=CC=CC=CC2)C1=O. The lowest BCUT2D eigenvalue weighted by Gasteiger charge is -2.48. The Bertz CT molecular complexity index is 1210. The van der Waals surface area contributed by atoms with Gasteiger partial charge in [0.1, 0.15) is 11.0 Å². The van der Waals surface area contributed by atoms with Crippen LogP contribution in [-0.2, 0) is 9.59 Å². The Kier molecular flexibility index (Phi) is 7.83. The van der Waals surface area contributed by atoms with Crippen molar-refractivity contribution in [2.24, 2.45) is 23.2 Å². The maximum Gasteiger partial charge on any atom is 0.403 e. The number of piperidine rings is 1. The van der Waals surface area contributed by atoms with Crippen LogP contribution in [0.4, 0.5) is 18.0 Å². The van der Waals surface area contributed by atoms with Crippen LogP contribution in [0.5, 0.6) is 0 Å². The predicted molar refractivity (Wildman–Crippen MR) is 157 cm³/mol. The Balaban J connectivity index is 1.26. The lowest BCUT2D eigenvalue weighted by atomic mass is 9.67. The van der Waals surface area contributed by atoms with Gasteiger partial charge in [-0.05, 0) is 83.5 Å². The van der Waals surface area contributed by atoms with Gasteiger partial charge in [-0.1, -0.05) is 42.9 Å². The Morgan fingerprint density at radius 1 is 1.02 bits per heavy atom. The second-order valence-electron chi connectivity index (χ2n) is 14.0. The quantitative estimate of drug-likeness (QED) is 0.375. The van der Waals surface area contributed by atoms with E-state index in [-0.39, 0.29) is 60.7 Å². The highest BCUT2D eigenvalue weighted by Gasteiger charge is 2.66. The van der Waals surface area contributed by atoms with Crippen LogP contribution >= 0.6 is 0 Å². The summed E-state index contributed by atoms with van der Waals surface area (Å²) in [5.74, 6) is -0.656. The first-order valence-corrected chi connectivity index (χ1v) is 16.2. The number of carbonyl (C=O) groups excluding carboxylic acids is 3. The average Bonchev–Trinajstić information content (AvgIpc) is 3.46. The van der Waals surface area contributed by atoms with Gasteiger partial charge in [-0.25, -0.2) is 4.79 Å². The summed E-state index contributed by atoms with van der Waals surface area (Å²) in [4.78, 5) is 47.8. The third-order valence-electron chi connectivity index (χ3n) is 11.5. The van der Waals surface area contributed by atoms with E-state index in [0.717, 1.165) is 19.3 Å². The van der Waals surface area contributed by atoms with Gasteiger partial charge in [0.2, 0.25) is 5.91 Å². The Morgan fingerprint density at radius 3 is 2.28 bits per heavy atom. The van der Waals surface area contributed by atoms with Crippen LogP contribution in [0.1, 0.15) is 72.1 Å². The number of carbonyl (C=O) groups is 3. The third kappa shape index (κ3) is 4.77. The molecule has 6 rings (SSSR count). The monoisotopic (exact) mass is 602 g/mol. The molecule has 5 fully saturated rings. The smallest absolute Gasteiger partial charge is 0.341 e. The molecule has 5 atom stereocenters. The van der Waals surface area contributed by atoms with Crippen molar-refractivity contribution in [2.75, 3.05) is 26.2 Å². The van der Waals surface area contributed by atoms with Gasteiger partial charge < -0.3 is 9.80 Å². The zero-order valence-corrected chi connectivity index (χ0v) is 25.6. The molecule has 0 aromatic rings. The predicted octanol–water partition coefficient (Wildman–Crippen LogP) is 5.54. The van der Waals surface area contributed by atoms with E-state index in [9.17, 15) is 27.6 Å². The average molecular weight is 603 g/mol. The summed E-state index contributed by atoms with van der Waals surface area (Å²) >= 11 is 0. The molecule has 0 aromatic heterocycles. The van der Waals surface area contributed by atoms with E-state index in [1.807, 2.05) is 50.0 Å². The summed E-state index contributed by atoms with van der Waals surface area (Å²) in [6, 6.07) is -0.0721. The van der Waals surface area contributed by atoms with Crippen LogP contribution in [0.3, 0.4) is 0 Å². The second-order valence-corrected chi connectivity index (χ2v) is 14.0. The zero-order chi connectivity index (χ0) is 30.7. The van der Waals surface area contributed by atoms with Gasteiger partial charge in [-0.3, -0.25) is 19.4 Å². The summed E-state index contributed by atoms with van der Waals surface area (Å²) < 4.78 is 42.6. The van der Waals surface area contributed by atoms with Crippen LogP contribution in [0.15, 0.2) is 36.5 Å². The minimum Gasteiger partial charge on any atom is -0.341 e. The fourth-order valence-corrected chi connectivity index (χ4v) is 9.24. The van der Waals surface area contributed by atoms with Gasteiger partial charge in [-0.15, -0.1) is 0 Å². The van der Waals surface area contributed by atoms with E-state index >= 15 is 0 Å². The number of amides is 4. The number of likely N-dealkylation sites (N-methyl/N-ethyl adjacent to an activating group) is 1. The second kappa shape index (κ2) is 11.1.